The van der Waals surface area contributed by atoms with Crippen LogP contribution in [0.25, 0.3) is 0 Å². The van der Waals surface area contributed by atoms with Crippen molar-refractivity contribution in [2.45, 2.75) is 44.1 Å². The SMILES string of the molecule is CC(C)Nc1nc(SC(C)C)ncc1C(=O)O. The first-order valence-electron chi connectivity index (χ1n) is 5.43. The molecule has 6 heteroatoms. The van der Waals surface area contributed by atoms with Gasteiger partial charge in [-0.1, -0.05) is 25.6 Å². The minimum atomic E-state index is -1.02. The molecular weight excluding hydrogens is 238 g/mol. The molecule has 0 aliphatic carbocycles. The van der Waals surface area contributed by atoms with Crippen molar-refractivity contribution in [1.29, 1.82) is 0 Å². The van der Waals surface area contributed by atoms with Crippen LogP contribution in [0.4, 0.5) is 5.82 Å². The third kappa shape index (κ3) is 4.22. The van der Waals surface area contributed by atoms with Gasteiger partial charge >= 0.3 is 5.97 Å². The van der Waals surface area contributed by atoms with Crippen molar-refractivity contribution >= 4 is 23.5 Å². The molecule has 1 heterocycles. The van der Waals surface area contributed by atoms with Gasteiger partial charge < -0.3 is 10.4 Å². The first-order valence-corrected chi connectivity index (χ1v) is 6.31. The number of aromatic nitrogens is 2. The molecule has 0 saturated heterocycles. The topological polar surface area (TPSA) is 75.1 Å². The smallest absolute Gasteiger partial charge is 0.341 e. The lowest BCUT2D eigenvalue weighted by atomic mass is 10.3. The van der Waals surface area contributed by atoms with Crippen molar-refractivity contribution in [3.8, 4) is 0 Å². The van der Waals surface area contributed by atoms with E-state index < -0.39 is 5.97 Å². The highest BCUT2D eigenvalue weighted by Crippen LogP contribution is 2.22. The van der Waals surface area contributed by atoms with Gasteiger partial charge in [-0.2, -0.15) is 0 Å². The molecule has 94 valence electrons. The Balaban J connectivity index is 3.05. The van der Waals surface area contributed by atoms with Gasteiger partial charge in [0.05, 0.1) is 0 Å². The third-order valence-corrected chi connectivity index (χ3v) is 2.64. The number of aromatic carboxylic acids is 1. The van der Waals surface area contributed by atoms with E-state index in [1.54, 1.807) is 0 Å². The molecule has 0 spiro atoms. The summed E-state index contributed by atoms with van der Waals surface area (Å²) in [5, 5.41) is 13.0. The van der Waals surface area contributed by atoms with Gasteiger partial charge in [-0.25, -0.2) is 14.8 Å². The average molecular weight is 255 g/mol. The lowest BCUT2D eigenvalue weighted by Crippen LogP contribution is -2.16. The molecule has 0 fully saturated rings. The van der Waals surface area contributed by atoms with Gasteiger partial charge in [-0.3, -0.25) is 0 Å². The van der Waals surface area contributed by atoms with Crippen molar-refractivity contribution in [3.05, 3.63) is 11.8 Å². The van der Waals surface area contributed by atoms with Gasteiger partial charge in [0.2, 0.25) is 0 Å². The summed E-state index contributed by atoms with van der Waals surface area (Å²) in [6.07, 6.45) is 1.35. The Bertz CT molecular complexity index is 408. The summed E-state index contributed by atoms with van der Waals surface area (Å²) in [5.74, 6) is -0.639. The minimum absolute atomic E-state index is 0.104. The van der Waals surface area contributed by atoms with Gasteiger partial charge in [0.25, 0.3) is 0 Å². The van der Waals surface area contributed by atoms with Crippen LogP contribution in [0, 0.1) is 0 Å². The highest BCUT2D eigenvalue weighted by molar-refractivity contribution is 7.99. The zero-order valence-electron chi connectivity index (χ0n) is 10.4. The number of nitrogens with zero attached hydrogens (tertiary/aromatic N) is 2. The van der Waals surface area contributed by atoms with Gasteiger partial charge in [-0.05, 0) is 13.8 Å². The van der Waals surface area contributed by atoms with Crippen LogP contribution in [0.2, 0.25) is 0 Å². The number of anilines is 1. The monoisotopic (exact) mass is 255 g/mol. The summed E-state index contributed by atoms with van der Waals surface area (Å²) >= 11 is 1.50. The van der Waals surface area contributed by atoms with Crippen molar-refractivity contribution in [2.75, 3.05) is 5.32 Å². The first kappa shape index (κ1) is 13.8. The number of carboxylic acids is 1. The maximum absolute atomic E-state index is 11.0. The lowest BCUT2D eigenvalue weighted by Gasteiger charge is -2.12. The first-order chi connectivity index (χ1) is 7.90. The molecule has 0 saturated carbocycles. The van der Waals surface area contributed by atoms with Crippen LogP contribution < -0.4 is 5.32 Å². The second-order valence-corrected chi connectivity index (χ2v) is 5.73. The Hall–Kier alpha value is -1.30. The molecule has 0 radical (unpaired) electrons. The van der Waals surface area contributed by atoms with Crippen molar-refractivity contribution in [1.82, 2.24) is 9.97 Å². The summed E-state index contributed by atoms with van der Waals surface area (Å²) < 4.78 is 0. The third-order valence-electron chi connectivity index (χ3n) is 1.76. The van der Waals surface area contributed by atoms with Crippen molar-refractivity contribution in [2.24, 2.45) is 0 Å². The van der Waals surface area contributed by atoms with Crippen LogP contribution >= 0.6 is 11.8 Å². The van der Waals surface area contributed by atoms with Gasteiger partial charge in [0, 0.05) is 17.5 Å². The number of rotatable bonds is 5. The average Bonchev–Trinajstić information content (AvgIpc) is 2.15. The Morgan fingerprint density at radius 3 is 2.53 bits per heavy atom. The van der Waals surface area contributed by atoms with Crippen LogP contribution in [0.5, 0.6) is 0 Å². The van der Waals surface area contributed by atoms with E-state index in [9.17, 15) is 4.79 Å². The quantitative estimate of drug-likeness (QED) is 0.622. The number of carbonyl (C=O) groups is 1. The van der Waals surface area contributed by atoms with Gasteiger partial charge in [0.1, 0.15) is 11.4 Å². The van der Waals surface area contributed by atoms with E-state index in [4.69, 9.17) is 5.11 Å². The molecule has 1 rings (SSSR count). The Morgan fingerprint density at radius 2 is 2.06 bits per heavy atom. The number of nitrogens with one attached hydrogen (secondary N) is 1. The molecule has 0 aliphatic heterocycles. The maximum atomic E-state index is 11.0. The van der Waals surface area contributed by atoms with E-state index in [1.165, 1.54) is 18.0 Å². The molecule has 17 heavy (non-hydrogen) atoms. The number of carboxylic acid groups (broad SMARTS) is 1. The molecule has 1 aromatic rings. The molecule has 2 N–H and O–H groups in total. The summed E-state index contributed by atoms with van der Waals surface area (Å²) in [7, 11) is 0. The van der Waals surface area contributed by atoms with Crippen LogP contribution in [0.3, 0.4) is 0 Å². The van der Waals surface area contributed by atoms with Crippen LogP contribution in [-0.4, -0.2) is 32.3 Å². The normalized spacial score (nSPS) is 10.9. The second kappa shape index (κ2) is 5.86. The predicted octanol–water partition coefficient (Wildman–Crippen LogP) is 2.50. The van der Waals surface area contributed by atoms with Gasteiger partial charge in [0.15, 0.2) is 5.16 Å². The second-order valence-electron chi connectivity index (χ2n) is 4.19. The zero-order chi connectivity index (χ0) is 13.0. The highest BCUT2D eigenvalue weighted by Gasteiger charge is 2.15. The molecule has 0 aliphatic rings. The summed E-state index contributed by atoms with van der Waals surface area (Å²) in [5.41, 5.74) is 0.104. The summed E-state index contributed by atoms with van der Waals surface area (Å²) in [6, 6.07) is 0.125. The predicted molar refractivity (Wildman–Crippen MR) is 68.7 cm³/mol. The van der Waals surface area contributed by atoms with Crippen LogP contribution in [-0.2, 0) is 0 Å². The van der Waals surface area contributed by atoms with E-state index in [1.807, 2.05) is 27.7 Å². The van der Waals surface area contributed by atoms with E-state index in [2.05, 4.69) is 15.3 Å². The summed E-state index contributed by atoms with van der Waals surface area (Å²) in [6.45, 7) is 7.94. The minimum Gasteiger partial charge on any atom is -0.477 e. The van der Waals surface area contributed by atoms with Crippen LogP contribution in [0.15, 0.2) is 11.4 Å². The Kier molecular flexibility index (Phi) is 4.74. The standard InChI is InChI=1S/C11H17N3O2S/c1-6(2)13-9-8(10(15)16)5-12-11(14-9)17-7(3)4/h5-7H,1-4H3,(H,15,16)(H,12,13,14). The highest BCUT2D eigenvalue weighted by atomic mass is 32.2. The molecular formula is C11H17N3O2S. The number of hydrogen-bond acceptors (Lipinski definition) is 5. The fourth-order valence-electron chi connectivity index (χ4n) is 1.17. The van der Waals surface area contributed by atoms with E-state index in [0.717, 1.165) is 0 Å². The van der Waals surface area contributed by atoms with E-state index in [-0.39, 0.29) is 11.6 Å². The zero-order valence-corrected chi connectivity index (χ0v) is 11.2. The lowest BCUT2D eigenvalue weighted by molar-refractivity contribution is 0.0697. The van der Waals surface area contributed by atoms with Gasteiger partial charge in [-0.15, -0.1) is 0 Å². The number of hydrogen-bond donors (Lipinski definition) is 2. The Morgan fingerprint density at radius 1 is 1.41 bits per heavy atom. The largest absolute Gasteiger partial charge is 0.477 e. The number of thioether (sulfide) groups is 1. The Labute approximate surface area is 105 Å². The van der Waals surface area contributed by atoms with E-state index >= 15 is 0 Å². The maximum Gasteiger partial charge on any atom is 0.341 e. The molecule has 0 unspecified atom stereocenters. The summed E-state index contributed by atoms with van der Waals surface area (Å²) in [4.78, 5) is 19.3. The molecule has 0 bridgehead atoms. The van der Waals surface area contributed by atoms with Crippen molar-refractivity contribution in [3.63, 3.8) is 0 Å². The molecule has 5 nitrogen and oxygen atoms in total. The van der Waals surface area contributed by atoms with Crippen LogP contribution in [0.1, 0.15) is 38.1 Å². The fraction of sp³-hybridized carbons (Fsp3) is 0.545. The van der Waals surface area contributed by atoms with Crippen molar-refractivity contribution < 1.29 is 9.90 Å². The fourth-order valence-corrected chi connectivity index (χ4v) is 1.85. The molecule has 0 amide bonds. The molecule has 0 aromatic carbocycles. The van der Waals surface area contributed by atoms with E-state index in [0.29, 0.717) is 16.2 Å². The molecule has 1 aromatic heterocycles. The molecule has 0 atom stereocenters.